The average Bonchev–Trinajstić information content (AvgIpc) is 2.47. The summed E-state index contributed by atoms with van der Waals surface area (Å²) in [6.07, 6.45) is 2.50. The summed E-state index contributed by atoms with van der Waals surface area (Å²) < 4.78 is 0. The smallest absolute Gasteiger partial charge is 0.0351 e. The van der Waals surface area contributed by atoms with E-state index in [1.807, 2.05) is 0 Å². The van der Waals surface area contributed by atoms with Crippen molar-refractivity contribution in [3.05, 3.63) is 71.3 Å². The van der Waals surface area contributed by atoms with E-state index < -0.39 is 0 Å². The molecule has 1 aliphatic carbocycles. The van der Waals surface area contributed by atoms with Crippen LogP contribution >= 0.6 is 0 Å². The first-order chi connectivity index (χ1) is 9.34. The molecule has 0 radical (unpaired) electrons. The fourth-order valence-corrected chi connectivity index (χ4v) is 3.06. The van der Waals surface area contributed by atoms with Gasteiger partial charge in [-0.1, -0.05) is 61.5 Å². The molecule has 2 unspecified atom stereocenters. The maximum Gasteiger partial charge on any atom is 0.0351 e. The highest BCUT2D eigenvalue weighted by Gasteiger charge is 2.25. The molecule has 1 heteroatoms. The fourth-order valence-electron chi connectivity index (χ4n) is 3.06. The molecule has 0 spiro atoms. The number of aryl methyl sites for hydroxylation is 1. The SMILES string of the molecule is CC1CCc2ccccc2C1NCc1ccccc1. The number of hydrogen-bond donors (Lipinski definition) is 1. The normalized spacial score (nSPS) is 21.9. The lowest BCUT2D eigenvalue weighted by molar-refractivity contribution is 0.343. The van der Waals surface area contributed by atoms with Crippen molar-refractivity contribution in [2.24, 2.45) is 5.92 Å². The molecule has 1 aliphatic rings. The van der Waals surface area contributed by atoms with E-state index in [0.29, 0.717) is 12.0 Å². The molecule has 3 rings (SSSR count). The molecule has 2 atom stereocenters. The molecule has 98 valence electrons. The van der Waals surface area contributed by atoms with Crippen LogP contribution in [0, 0.1) is 5.92 Å². The van der Waals surface area contributed by atoms with Gasteiger partial charge < -0.3 is 5.32 Å². The summed E-state index contributed by atoms with van der Waals surface area (Å²) in [5, 5.41) is 3.74. The van der Waals surface area contributed by atoms with Gasteiger partial charge in [-0.05, 0) is 35.4 Å². The van der Waals surface area contributed by atoms with Crippen molar-refractivity contribution in [3.8, 4) is 0 Å². The van der Waals surface area contributed by atoms with Crippen LogP contribution in [0.25, 0.3) is 0 Å². The first kappa shape index (κ1) is 12.4. The van der Waals surface area contributed by atoms with Crippen molar-refractivity contribution in [1.82, 2.24) is 5.32 Å². The van der Waals surface area contributed by atoms with E-state index in [-0.39, 0.29) is 0 Å². The zero-order valence-electron chi connectivity index (χ0n) is 11.5. The minimum atomic E-state index is 0.491. The molecule has 0 heterocycles. The number of hydrogen-bond acceptors (Lipinski definition) is 1. The van der Waals surface area contributed by atoms with Crippen LogP contribution in [0.15, 0.2) is 54.6 Å². The highest BCUT2D eigenvalue weighted by Crippen LogP contribution is 2.34. The molecule has 19 heavy (non-hydrogen) atoms. The average molecular weight is 251 g/mol. The molecule has 1 N–H and O–H groups in total. The molecule has 2 aromatic carbocycles. The van der Waals surface area contributed by atoms with Crippen molar-refractivity contribution < 1.29 is 0 Å². The minimum Gasteiger partial charge on any atom is -0.306 e. The zero-order valence-corrected chi connectivity index (χ0v) is 11.5. The van der Waals surface area contributed by atoms with E-state index in [2.05, 4.69) is 66.8 Å². The first-order valence-corrected chi connectivity index (χ1v) is 7.19. The highest BCUT2D eigenvalue weighted by atomic mass is 14.9. The Bertz CT molecular complexity index is 532. The van der Waals surface area contributed by atoms with Crippen LogP contribution in [0.3, 0.4) is 0 Å². The monoisotopic (exact) mass is 251 g/mol. The lowest BCUT2D eigenvalue weighted by Gasteiger charge is -2.32. The van der Waals surface area contributed by atoms with Crippen LogP contribution < -0.4 is 5.32 Å². The van der Waals surface area contributed by atoms with E-state index >= 15 is 0 Å². The second-order valence-corrected chi connectivity index (χ2v) is 5.56. The van der Waals surface area contributed by atoms with Gasteiger partial charge in [-0.3, -0.25) is 0 Å². The summed E-state index contributed by atoms with van der Waals surface area (Å²) in [6.45, 7) is 3.31. The van der Waals surface area contributed by atoms with Crippen LogP contribution in [0.4, 0.5) is 0 Å². The van der Waals surface area contributed by atoms with Crippen molar-refractivity contribution in [2.75, 3.05) is 0 Å². The van der Waals surface area contributed by atoms with E-state index in [1.54, 1.807) is 0 Å². The maximum absolute atomic E-state index is 3.74. The largest absolute Gasteiger partial charge is 0.306 e. The molecule has 0 saturated heterocycles. The molecule has 0 aliphatic heterocycles. The summed E-state index contributed by atoms with van der Waals surface area (Å²) >= 11 is 0. The lowest BCUT2D eigenvalue weighted by Crippen LogP contribution is -2.30. The van der Waals surface area contributed by atoms with E-state index in [4.69, 9.17) is 0 Å². The Kier molecular flexibility index (Phi) is 3.65. The van der Waals surface area contributed by atoms with Crippen molar-refractivity contribution >= 4 is 0 Å². The Labute approximate surface area is 115 Å². The van der Waals surface area contributed by atoms with Gasteiger partial charge in [0.25, 0.3) is 0 Å². The molecule has 0 fully saturated rings. The van der Waals surface area contributed by atoms with Gasteiger partial charge in [-0.25, -0.2) is 0 Å². The Morgan fingerprint density at radius 2 is 1.74 bits per heavy atom. The van der Waals surface area contributed by atoms with E-state index in [0.717, 1.165) is 6.54 Å². The van der Waals surface area contributed by atoms with Gasteiger partial charge >= 0.3 is 0 Å². The predicted molar refractivity (Wildman–Crippen MR) is 79.9 cm³/mol. The van der Waals surface area contributed by atoms with Crippen LogP contribution in [0.2, 0.25) is 0 Å². The molecule has 0 amide bonds. The molecular weight excluding hydrogens is 230 g/mol. The Morgan fingerprint density at radius 3 is 2.58 bits per heavy atom. The predicted octanol–water partition coefficient (Wildman–Crippen LogP) is 4.10. The standard InChI is InChI=1S/C18H21N/c1-14-11-12-16-9-5-6-10-17(16)18(14)19-13-15-7-3-2-4-8-15/h2-10,14,18-19H,11-13H2,1H3. The molecular formula is C18H21N. The summed E-state index contributed by atoms with van der Waals surface area (Å²) in [7, 11) is 0. The van der Waals surface area contributed by atoms with Crippen LogP contribution in [-0.4, -0.2) is 0 Å². The second kappa shape index (κ2) is 5.58. The van der Waals surface area contributed by atoms with Crippen molar-refractivity contribution in [2.45, 2.75) is 32.4 Å². The van der Waals surface area contributed by atoms with Gasteiger partial charge in [0.15, 0.2) is 0 Å². The Balaban J connectivity index is 1.77. The van der Waals surface area contributed by atoms with Crippen LogP contribution in [0.1, 0.15) is 36.1 Å². The maximum atomic E-state index is 3.74. The van der Waals surface area contributed by atoms with Gasteiger partial charge in [0.2, 0.25) is 0 Å². The van der Waals surface area contributed by atoms with E-state index in [9.17, 15) is 0 Å². The third-order valence-corrected chi connectivity index (χ3v) is 4.20. The molecule has 0 bridgehead atoms. The summed E-state index contributed by atoms with van der Waals surface area (Å²) in [6, 6.07) is 20.0. The number of rotatable bonds is 3. The topological polar surface area (TPSA) is 12.0 Å². The third-order valence-electron chi connectivity index (χ3n) is 4.20. The van der Waals surface area contributed by atoms with Crippen molar-refractivity contribution in [1.29, 1.82) is 0 Å². The van der Waals surface area contributed by atoms with Gasteiger partial charge in [0, 0.05) is 12.6 Å². The Hall–Kier alpha value is -1.60. The quantitative estimate of drug-likeness (QED) is 0.866. The molecule has 2 aromatic rings. The van der Waals surface area contributed by atoms with Crippen molar-refractivity contribution in [3.63, 3.8) is 0 Å². The fraction of sp³-hybridized carbons (Fsp3) is 0.333. The Morgan fingerprint density at radius 1 is 1.00 bits per heavy atom. The highest BCUT2D eigenvalue weighted by molar-refractivity contribution is 5.33. The first-order valence-electron chi connectivity index (χ1n) is 7.19. The summed E-state index contributed by atoms with van der Waals surface area (Å²) in [5.74, 6) is 0.707. The van der Waals surface area contributed by atoms with Gasteiger partial charge in [0.1, 0.15) is 0 Å². The van der Waals surface area contributed by atoms with Gasteiger partial charge in [-0.15, -0.1) is 0 Å². The number of benzene rings is 2. The third kappa shape index (κ3) is 2.71. The number of fused-ring (bicyclic) bond motifs is 1. The molecule has 1 nitrogen and oxygen atoms in total. The van der Waals surface area contributed by atoms with Crippen LogP contribution in [-0.2, 0) is 13.0 Å². The second-order valence-electron chi connectivity index (χ2n) is 5.56. The van der Waals surface area contributed by atoms with Crippen LogP contribution in [0.5, 0.6) is 0 Å². The number of nitrogens with one attached hydrogen (secondary N) is 1. The van der Waals surface area contributed by atoms with Gasteiger partial charge in [0.05, 0.1) is 0 Å². The molecule has 0 aromatic heterocycles. The summed E-state index contributed by atoms with van der Waals surface area (Å²) in [4.78, 5) is 0. The molecule has 0 saturated carbocycles. The lowest BCUT2D eigenvalue weighted by atomic mass is 9.80. The van der Waals surface area contributed by atoms with Gasteiger partial charge in [-0.2, -0.15) is 0 Å². The zero-order chi connectivity index (χ0) is 13.1. The van der Waals surface area contributed by atoms with E-state index in [1.165, 1.54) is 29.5 Å². The minimum absolute atomic E-state index is 0.491. The summed E-state index contributed by atoms with van der Waals surface area (Å²) in [5.41, 5.74) is 4.38.